The first kappa shape index (κ1) is 13.8. The Morgan fingerprint density at radius 1 is 1.16 bits per heavy atom. The van der Waals surface area contributed by atoms with Crippen LogP contribution >= 0.6 is 0 Å². The van der Waals surface area contributed by atoms with Gasteiger partial charge in [0.15, 0.2) is 11.5 Å². The molecule has 0 saturated heterocycles. The van der Waals surface area contributed by atoms with Crippen LogP contribution in [-0.4, -0.2) is 25.5 Å². The van der Waals surface area contributed by atoms with Gasteiger partial charge in [-0.3, -0.25) is 0 Å². The molecule has 2 N–H and O–H groups in total. The van der Waals surface area contributed by atoms with Crippen LogP contribution in [0.2, 0.25) is 0 Å². The zero-order chi connectivity index (χ0) is 14.0. The highest BCUT2D eigenvalue weighted by molar-refractivity contribution is 5.82. The van der Waals surface area contributed by atoms with Gasteiger partial charge in [-0.2, -0.15) is 0 Å². The molecule has 0 radical (unpaired) electrons. The quantitative estimate of drug-likeness (QED) is 0.867. The van der Waals surface area contributed by atoms with Gasteiger partial charge in [-0.25, -0.2) is 15.0 Å². The summed E-state index contributed by atoms with van der Waals surface area (Å²) in [7, 11) is 0. The van der Waals surface area contributed by atoms with E-state index in [0.717, 1.165) is 17.8 Å². The lowest BCUT2D eigenvalue weighted by molar-refractivity contribution is 0.243. The summed E-state index contributed by atoms with van der Waals surface area (Å²) in [6.07, 6.45) is 4.26. The minimum Gasteiger partial charge on any atom is -0.362 e. The number of imidazole rings is 1. The zero-order valence-corrected chi connectivity index (χ0v) is 12.4. The lowest BCUT2D eigenvalue weighted by Crippen LogP contribution is -2.48. The first-order valence-electron chi connectivity index (χ1n) is 6.93. The van der Waals surface area contributed by atoms with Gasteiger partial charge in [-0.05, 0) is 18.3 Å². The summed E-state index contributed by atoms with van der Waals surface area (Å²) in [6.45, 7) is 11.2. The summed E-state index contributed by atoms with van der Waals surface area (Å²) >= 11 is 0. The van der Waals surface area contributed by atoms with E-state index in [0.29, 0.717) is 17.5 Å². The lowest BCUT2D eigenvalue weighted by atomic mass is 9.75. The number of hydrogen-bond acceptors (Lipinski definition) is 4. The maximum atomic E-state index is 4.38. The molecule has 0 aliphatic rings. The monoisotopic (exact) mass is 261 g/mol. The average molecular weight is 261 g/mol. The van der Waals surface area contributed by atoms with Gasteiger partial charge in [-0.15, -0.1) is 0 Å². The molecule has 2 heterocycles. The van der Waals surface area contributed by atoms with Crippen molar-refractivity contribution in [2.45, 2.75) is 46.6 Å². The van der Waals surface area contributed by atoms with Gasteiger partial charge in [0.05, 0.1) is 6.33 Å². The number of H-pyrrole nitrogens is 1. The van der Waals surface area contributed by atoms with Crippen LogP contribution in [0.5, 0.6) is 0 Å². The number of hydrogen-bond donors (Lipinski definition) is 2. The highest BCUT2D eigenvalue weighted by Crippen LogP contribution is 2.34. The molecule has 0 bridgehead atoms. The Kier molecular flexibility index (Phi) is 3.73. The maximum absolute atomic E-state index is 4.38. The van der Waals surface area contributed by atoms with Crippen LogP contribution in [-0.2, 0) is 0 Å². The summed E-state index contributed by atoms with van der Waals surface area (Å²) in [5.74, 6) is 1.85. The molecule has 0 spiro atoms. The molecule has 0 atom stereocenters. The number of aromatic nitrogens is 4. The standard InChI is InChI=1S/C14H23N5/c1-6-14(9(2)3,10(4)5)19-13-11-12(16-7-15-11)17-8-18-13/h7-10H,6H2,1-5H3,(H2,15,16,17,18,19). The first-order valence-corrected chi connectivity index (χ1v) is 6.93. The fraction of sp³-hybridized carbons (Fsp3) is 0.643. The zero-order valence-electron chi connectivity index (χ0n) is 12.4. The molecule has 2 aromatic heterocycles. The van der Waals surface area contributed by atoms with Crippen LogP contribution in [0.4, 0.5) is 5.82 Å². The number of anilines is 1. The molecule has 0 unspecified atom stereocenters. The van der Waals surface area contributed by atoms with Crippen molar-refractivity contribution in [2.24, 2.45) is 11.8 Å². The Balaban J connectivity index is 2.44. The van der Waals surface area contributed by atoms with E-state index in [-0.39, 0.29) is 5.54 Å². The van der Waals surface area contributed by atoms with Crippen molar-refractivity contribution < 1.29 is 0 Å². The molecule has 0 aliphatic heterocycles. The Hall–Kier alpha value is -1.65. The number of fused-ring (bicyclic) bond motifs is 1. The topological polar surface area (TPSA) is 66.5 Å². The van der Waals surface area contributed by atoms with Crippen molar-refractivity contribution in [3.63, 3.8) is 0 Å². The third kappa shape index (κ3) is 2.29. The molecule has 2 aromatic rings. The lowest BCUT2D eigenvalue weighted by Gasteiger charge is -2.42. The SMILES string of the molecule is CCC(Nc1ncnc2nc[nH]c12)(C(C)C)C(C)C. The van der Waals surface area contributed by atoms with E-state index >= 15 is 0 Å². The predicted molar refractivity (Wildman–Crippen MR) is 78.0 cm³/mol. The number of rotatable bonds is 5. The molecule has 2 rings (SSSR count). The largest absolute Gasteiger partial charge is 0.362 e. The molecule has 104 valence electrons. The molecule has 0 amide bonds. The fourth-order valence-corrected chi connectivity index (χ4v) is 2.94. The number of nitrogens with one attached hydrogen (secondary N) is 2. The highest BCUT2D eigenvalue weighted by atomic mass is 15.1. The summed E-state index contributed by atoms with van der Waals surface area (Å²) < 4.78 is 0. The van der Waals surface area contributed by atoms with E-state index < -0.39 is 0 Å². The molecule has 0 saturated carbocycles. The molecule has 19 heavy (non-hydrogen) atoms. The van der Waals surface area contributed by atoms with Crippen LogP contribution in [0.1, 0.15) is 41.0 Å². The molecule has 0 fully saturated rings. The second kappa shape index (κ2) is 5.15. The van der Waals surface area contributed by atoms with Crippen molar-refractivity contribution >= 4 is 17.0 Å². The van der Waals surface area contributed by atoms with Gasteiger partial charge in [0.25, 0.3) is 0 Å². The molecule has 0 aliphatic carbocycles. The van der Waals surface area contributed by atoms with Gasteiger partial charge in [0.2, 0.25) is 0 Å². The Morgan fingerprint density at radius 2 is 1.84 bits per heavy atom. The van der Waals surface area contributed by atoms with Crippen molar-refractivity contribution in [1.82, 2.24) is 19.9 Å². The van der Waals surface area contributed by atoms with Gasteiger partial charge >= 0.3 is 0 Å². The maximum Gasteiger partial charge on any atom is 0.182 e. The molecular formula is C14H23N5. The van der Waals surface area contributed by atoms with E-state index in [4.69, 9.17) is 0 Å². The van der Waals surface area contributed by atoms with Gasteiger partial charge in [0.1, 0.15) is 11.8 Å². The van der Waals surface area contributed by atoms with E-state index in [1.807, 2.05) is 0 Å². The average Bonchev–Trinajstić information content (AvgIpc) is 2.84. The van der Waals surface area contributed by atoms with E-state index in [1.165, 1.54) is 0 Å². The van der Waals surface area contributed by atoms with Crippen LogP contribution < -0.4 is 5.32 Å². The first-order chi connectivity index (χ1) is 9.01. The smallest absolute Gasteiger partial charge is 0.182 e. The van der Waals surface area contributed by atoms with E-state index in [2.05, 4.69) is 59.9 Å². The summed E-state index contributed by atoms with van der Waals surface area (Å²) in [6, 6.07) is 0. The molecule has 5 heteroatoms. The van der Waals surface area contributed by atoms with Gasteiger partial charge in [0, 0.05) is 5.54 Å². The Bertz CT molecular complexity index is 536. The van der Waals surface area contributed by atoms with Crippen LogP contribution in [0.3, 0.4) is 0 Å². The van der Waals surface area contributed by atoms with Crippen molar-refractivity contribution in [1.29, 1.82) is 0 Å². The Labute approximate surface area is 114 Å². The molecular weight excluding hydrogens is 238 g/mol. The number of aromatic amines is 1. The van der Waals surface area contributed by atoms with Crippen LogP contribution in [0.15, 0.2) is 12.7 Å². The van der Waals surface area contributed by atoms with Gasteiger partial charge in [-0.1, -0.05) is 34.6 Å². The summed E-state index contributed by atoms with van der Waals surface area (Å²) in [5.41, 5.74) is 1.60. The fourth-order valence-electron chi connectivity index (χ4n) is 2.94. The predicted octanol–water partition coefficient (Wildman–Crippen LogP) is 3.23. The third-order valence-corrected chi connectivity index (χ3v) is 4.22. The van der Waals surface area contributed by atoms with Gasteiger partial charge < -0.3 is 10.3 Å². The van der Waals surface area contributed by atoms with Crippen molar-refractivity contribution in [3.05, 3.63) is 12.7 Å². The molecule has 5 nitrogen and oxygen atoms in total. The van der Waals surface area contributed by atoms with E-state index in [9.17, 15) is 0 Å². The van der Waals surface area contributed by atoms with Crippen LogP contribution in [0, 0.1) is 11.8 Å². The van der Waals surface area contributed by atoms with Crippen LogP contribution in [0.25, 0.3) is 11.2 Å². The summed E-state index contributed by atoms with van der Waals surface area (Å²) in [4.78, 5) is 15.8. The second-order valence-electron chi connectivity index (χ2n) is 5.65. The third-order valence-electron chi connectivity index (χ3n) is 4.22. The van der Waals surface area contributed by atoms with E-state index in [1.54, 1.807) is 12.7 Å². The van der Waals surface area contributed by atoms with Crippen molar-refractivity contribution in [2.75, 3.05) is 5.32 Å². The Morgan fingerprint density at radius 3 is 2.42 bits per heavy atom. The summed E-state index contributed by atoms with van der Waals surface area (Å²) in [5, 5.41) is 3.65. The highest BCUT2D eigenvalue weighted by Gasteiger charge is 2.36. The second-order valence-corrected chi connectivity index (χ2v) is 5.65. The number of nitrogens with zero attached hydrogens (tertiary/aromatic N) is 3. The molecule has 0 aromatic carbocycles. The minimum atomic E-state index is 0.0202. The normalized spacial score (nSPS) is 12.6. The van der Waals surface area contributed by atoms with Crippen molar-refractivity contribution in [3.8, 4) is 0 Å². The minimum absolute atomic E-state index is 0.0202.